The summed E-state index contributed by atoms with van der Waals surface area (Å²) in [5.74, 6) is 1.90. The molecular weight excluding hydrogens is 327 g/mol. The molecule has 0 saturated heterocycles. The van der Waals surface area contributed by atoms with Gasteiger partial charge in [-0.1, -0.05) is 23.7 Å². The molecule has 0 radical (unpaired) electrons. The molecule has 1 fully saturated rings. The van der Waals surface area contributed by atoms with Crippen molar-refractivity contribution in [2.45, 2.75) is 31.1 Å². The van der Waals surface area contributed by atoms with Crippen LogP contribution in [0.1, 0.15) is 25.3 Å². The lowest BCUT2D eigenvalue weighted by Gasteiger charge is -2.29. The molecule has 0 heterocycles. The average molecular weight is 349 g/mol. The van der Waals surface area contributed by atoms with Gasteiger partial charge in [-0.15, -0.1) is 24.2 Å². The number of rotatable bonds is 7. The Morgan fingerprint density at radius 1 is 1.43 bits per heavy atom. The molecule has 6 heteroatoms. The number of thioether (sulfide) groups is 1. The van der Waals surface area contributed by atoms with Crippen LogP contribution in [0.4, 0.5) is 0 Å². The average Bonchev–Trinajstić information content (AvgIpc) is 3.25. The molecule has 3 N–H and O–H groups in total. The Kier molecular flexibility index (Phi) is 7.34. The molecule has 1 aliphatic rings. The second kappa shape index (κ2) is 8.28. The first kappa shape index (κ1) is 18.6. The summed E-state index contributed by atoms with van der Waals surface area (Å²) in [5.41, 5.74) is 6.75. The molecule has 1 aliphatic carbocycles. The fraction of sp³-hybridized carbons (Fsp3) is 0.533. The van der Waals surface area contributed by atoms with E-state index in [2.05, 4.69) is 5.32 Å². The lowest BCUT2D eigenvalue weighted by atomic mass is 9.96. The van der Waals surface area contributed by atoms with Crippen molar-refractivity contribution in [1.29, 1.82) is 0 Å². The minimum absolute atomic E-state index is 0. The summed E-state index contributed by atoms with van der Waals surface area (Å²) < 4.78 is 0. The van der Waals surface area contributed by atoms with Gasteiger partial charge in [0.2, 0.25) is 5.91 Å². The first-order valence-electron chi connectivity index (χ1n) is 6.87. The molecule has 0 bridgehead atoms. The second-order valence-electron chi connectivity index (χ2n) is 5.56. The van der Waals surface area contributed by atoms with Crippen LogP contribution >= 0.6 is 35.8 Å². The van der Waals surface area contributed by atoms with Crippen molar-refractivity contribution in [3.05, 3.63) is 34.9 Å². The van der Waals surface area contributed by atoms with Crippen LogP contribution in [0, 0.1) is 5.92 Å². The van der Waals surface area contributed by atoms with Gasteiger partial charge in [0, 0.05) is 17.3 Å². The number of amides is 1. The third-order valence-electron chi connectivity index (χ3n) is 3.74. The number of nitrogens with one attached hydrogen (secondary N) is 1. The van der Waals surface area contributed by atoms with E-state index in [1.807, 2.05) is 31.2 Å². The molecule has 3 nitrogen and oxygen atoms in total. The standard InChI is InChI=1S/C15H21ClN2OS.ClH/c1-15(10-17,12-4-5-12)18-14(19)9-20-8-11-2-6-13(16)7-3-11;/h2-3,6-7,12H,4-5,8-10,17H2,1H3,(H,18,19);1H. The summed E-state index contributed by atoms with van der Waals surface area (Å²) in [5, 5.41) is 3.83. The summed E-state index contributed by atoms with van der Waals surface area (Å²) in [7, 11) is 0. The van der Waals surface area contributed by atoms with Gasteiger partial charge in [-0.2, -0.15) is 0 Å². The zero-order valence-corrected chi connectivity index (χ0v) is 14.5. The van der Waals surface area contributed by atoms with Gasteiger partial charge in [0.15, 0.2) is 0 Å². The van der Waals surface area contributed by atoms with Gasteiger partial charge < -0.3 is 11.1 Å². The fourth-order valence-corrected chi connectivity index (χ4v) is 3.15. The Bertz CT molecular complexity index is 465. The van der Waals surface area contributed by atoms with Crippen LogP contribution in [0.5, 0.6) is 0 Å². The molecule has 118 valence electrons. The number of nitrogens with two attached hydrogens (primary N) is 1. The molecule has 0 aromatic heterocycles. The molecule has 1 unspecified atom stereocenters. The topological polar surface area (TPSA) is 55.1 Å². The van der Waals surface area contributed by atoms with Crippen LogP contribution < -0.4 is 11.1 Å². The van der Waals surface area contributed by atoms with Gasteiger partial charge >= 0.3 is 0 Å². The first-order valence-corrected chi connectivity index (χ1v) is 8.40. The SMILES string of the molecule is CC(CN)(NC(=O)CSCc1ccc(Cl)cc1)C1CC1.Cl. The number of benzene rings is 1. The van der Waals surface area contributed by atoms with Gasteiger partial charge in [-0.05, 0) is 43.4 Å². The van der Waals surface area contributed by atoms with Gasteiger partial charge in [-0.25, -0.2) is 0 Å². The Hall–Kier alpha value is -0.420. The first-order chi connectivity index (χ1) is 9.53. The predicted molar refractivity (Wildman–Crippen MR) is 93.2 cm³/mol. The number of hydrogen-bond donors (Lipinski definition) is 2. The van der Waals surface area contributed by atoms with E-state index in [1.165, 1.54) is 18.4 Å². The van der Waals surface area contributed by atoms with Crippen LogP contribution in [0.3, 0.4) is 0 Å². The van der Waals surface area contributed by atoms with Crippen molar-refractivity contribution < 1.29 is 4.79 Å². The van der Waals surface area contributed by atoms with Crippen molar-refractivity contribution in [2.24, 2.45) is 11.7 Å². The molecular formula is C15H22Cl2N2OS. The van der Waals surface area contributed by atoms with Gasteiger partial charge in [-0.3, -0.25) is 4.79 Å². The second-order valence-corrected chi connectivity index (χ2v) is 6.99. The monoisotopic (exact) mass is 348 g/mol. The molecule has 0 spiro atoms. The minimum atomic E-state index is -0.224. The smallest absolute Gasteiger partial charge is 0.230 e. The Morgan fingerprint density at radius 3 is 2.57 bits per heavy atom. The maximum atomic E-state index is 12.0. The van der Waals surface area contributed by atoms with Crippen molar-refractivity contribution in [1.82, 2.24) is 5.32 Å². The number of halogens is 2. The zero-order valence-electron chi connectivity index (χ0n) is 12.1. The number of carbonyl (C=O) groups excluding carboxylic acids is 1. The lowest BCUT2D eigenvalue weighted by molar-refractivity contribution is -0.120. The molecule has 1 atom stereocenters. The highest BCUT2D eigenvalue weighted by Crippen LogP contribution is 2.38. The van der Waals surface area contributed by atoms with E-state index in [1.54, 1.807) is 11.8 Å². The van der Waals surface area contributed by atoms with E-state index >= 15 is 0 Å². The predicted octanol–water partition coefficient (Wildman–Crippen LogP) is 3.24. The van der Waals surface area contributed by atoms with E-state index in [0.717, 1.165) is 10.8 Å². The quantitative estimate of drug-likeness (QED) is 0.795. The summed E-state index contributed by atoms with van der Waals surface area (Å²) in [6.07, 6.45) is 2.35. The van der Waals surface area contributed by atoms with Crippen LogP contribution in [-0.2, 0) is 10.5 Å². The third-order valence-corrected chi connectivity index (χ3v) is 5.00. The maximum absolute atomic E-state index is 12.0. The van der Waals surface area contributed by atoms with E-state index in [0.29, 0.717) is 18.2 Å². The molecule has 2 rings (SSSR count). The Balaban J connectivity index is 0.00000220. The summed E-state index contributed by atoms with van der Waals surface area (Å²) in [6, 6.07) is 7.72. The largest absolute Gasteiger partial charge is 0.349 e. The van der Waals surface area contributed by atoms with E-state index < -0.39 is 0 Å². The van der Waals surface area contributed by atoms with Crippen molar-refractivity contribution in [2.75, 3.05) is 12.3 Å². The van der Waals surface area contributed by atoms with Crippen molar-refractivity contribution in [3.63, 3.8) is 0 Å². The highest BCUT2D eigenvalue weighted by atomic mass is 35.5. The van der Waals surface area contributed by atoms with Crippen molar-refractivity contribution in [3.8, 4) is 0 Å². The third kappa shape index (κ3) is 5.70. The van der Waals surface area contributed by atoms with Gasteiger partial charge in [0.25, 0.3) is 0 Å². The van der Waals surface area contributed by atoms with Crippen molar-refractivity contribution >= 4 is 41.7 Å². The molecule has 1 aromatic carbocycles. The highest BCUT2D eigenvalue weighted by Gasteiger charge is 2.41. The minimum Gasteiger partial charge on any atom is -0.349 e. The Labute approximate surface area is 141 Å². The van der Waals surface area contributed by atoms with Crippen LogP contribution in [-0.4, -0.2) is 23.7 Å². The Morgan fingerprint density at radius 2 is 2.05 bits per heavy atom. The van der Waals surface area contributed by atoms with E-state index in [9.17, 15) is 4.79 Å². The molecule has 1 aromatic rings. The summed E-state index contributed by atoms with van der Waals surface area (Å²) >= 11 is 7.45. The molecule has 21 heavy (non-hydrogen) atoms. The number of hydrogen-bond acceptors (Lipinski definition) is 3. The van der Waals surface area contributed by atoms with Crippen LogP contribution in [0.25, 0.3) is 0 Å². The molecule has 1 saturated carbocycles. The summed E-state index contributed by atoms with van der Waals surface area (Å²) in [6.45, 7) is 2.55. The molecule has 0 aliphatic heterocycles. The van der Waals surface area contributed by atoms with Crippen LogP contribution in [0.2, 0.25) is 5.02 Å². The lowest BCUT2D eigenvalue weighted by Crippen LogP contribution is -2.53. The van der Waals surface area contributed by atoms with E-state index in [-0.39, 0.29) is 23.9 Å². The zero-order chi connectivity index (χ0) is 14.6. The van der Waals surface area contributed by atoms with Gasteiger partial charge in [0.1, 0.15) is 0 Å². The fourth-order valence-electron chi connectivity index (χ4n) is 2.24. The maximum Gasteiger partial charge on any atom is 0.230 e. The molecule has 1 amide bonds. The highest BCUT2D eigenvalue weighted by molar-refractivity contribution is 7.99. The summed E-state index contributed by atoms with van der Waals surface area (Å²) in [4.78, 5) is 12.0. The van der Waals surface area contributed by atoms with Crippen LogP contribution in [0.15, 0.2) is 24.3 Å². The van der Waals surface area contributed by atoms with E-state index in [4.69, 9.17) is 17.3 Å². The number of carbonyl (C=O) groups is 1. The van der Waals surface area contributed by atoms with Gasteiger partial charge in [0.05, 0.1) is 11.3 Å². The normalized spacial score (nSPS) is 16.7.